The first-order chi connectivity index (χ1) is 9.70. The summed E-state index contributed by atoms with van der Waals surface area (Å²) >= 11 is 2.02. The molecule has 20 heavy (non-hydrogen) atoms. The summed E-state index contributed by atoms with van der Waals surface area (Å²) in [5.41, 5.74) is 1.39. The van der Waals surface area contributed by atoms with Crippen molar-refractivity contribution in [3.05, 3.63) is 35.9 Å². The van der Waals surface area contributed by atoms with Gasteiger partial charge in [0.25, 0.3) is 0 Å². The molecular formula is C17H29NOS. The van der Waals surface area contributed by atoms with Crippen molar-refractivity contribution in [1.29, 1.82) is 0 Å². The maximum atomic E-state index is 5.20. The number of methoxy groups -OCH3 is 1. The molecule has 1 aromatic rings. The van der Waals surface area contributed by atoms with Gasteiger partial charge in [0.1, 0.15) is 0 Å². The molecule has 0 aliphatic heterocycles. The molecule has 1 aromatic carbocycles. The Labute approximate surface area is 128 Å². The first-order valence-electron chi connectivity index (χ1n) is 7.59. The van der Waals surface area contributed by atoms with Crippen molar-refractivity contribution in [3.8, 4) is 0 Å². The van der Waals surface area contributed by atoms with Crippen LogP contribution in [0.4, 0.5) is 0 Å². The fourth-order valence-electron chi connectivity index (χ4n) is 2.33. The van der Waals surface area contributed by atoms with Gasteiger partial charge in [-0.2, -0.15) is 11.8 Å². The number of ether oxygens (including phenoxy) is 1. The van der Waals surface area contributed by atoms with E-state index in [1.807, 2.05) is 11.8 Å². The van der Waals surface area contributed by atoms with E-state index >= 15 is 0 Å². The molecule has 0 aliphatic carbocycles. The molecule has 3 heteroatoms. The summed E-state index contributed by atoms with van der Waals surface area (Å²) in [6.45, 7) is 8.73. The Morgan fingerprint density at radius 3 is 2.45 bits per heavy atom. The molecule has 2 unspecified atom stereocenters. The zero-order chi connectivity index (χ0) is 14.8. The minimum absolute atomic E-state index is 0.415. The number of nitrogens with one attached hydrogen (secondary N) is 1. The number of rotatable bonds is 10. The number of benzene rings is 1. The Bertz CT molecular complexity index is 342. The molecule has 0 saturated heterocycles. The summed E-state index contributed by atoms with van der Waals surface area (Å²) in [4.78, 5) is 0. The van der Waals surface area contributed by atoms with Crippen molar-refractivity contribution in [3.63, 3.8) is 0 Å². The van der Waals surface area contributed by atoms with Gasteiger partial charge in [0, 0.05) is 24.2 Å². The van der Waals surface area contributed by atoms with E-state index in [9.17, 15) is 0 Å². The predicted octanol–water partition coefficient (Wildman–Crippen LogP) is 4.13. The van der Waals surface area contributed by atoms with Gasteiger partial charge in [0.15, 0.2) is 0 Å². The molecule has 2 nitrogen and oxygen atoms in total. The Morgan fingerprint density at radius 2 is 1.90 bits per heavy atom. The second-order valence-corrected chi connectivity index (χ2v) is 6.70. The van der Waals surface area contributed by atoms with Crippen LogP contribution in [0.15, 0.2) is 30.3 Å². The second kappa shape index (κ2) is 10.3. The summed E-state index contributed by atoms with van der Waals surface area (Å²) in [5, 5.41) is 4.30. The summed E-state index contributed by atoms with van der Waals surface area (Å²) in [5.74, 6) is 1.68. The third-order valence-corrected chi connectivity index (χ3v) is 4.96. The first kappa shape index (κ1) is 17.5. The van der Waals surface area contributed by atoms with Crippen LogP contribution in [-0.4, -0.2) is 31.3 Å². The van der Waals surface area contributed by atoms with Crippen LogP contribution < -0.4 is 5.32 Å². The van der Waals surface area contributed by atoms with Crippen LogP contribution in [0.2, 0.25) is 0 Å². The first-order valence-corrected chi connectivity index (χ1v) is 8.64. The predicted molar refractivity (Wildman–Crippen MR) is 90.4 cm³/mol. The van der Waals surface area contributed by atoms with E-state index in [1.54, 1.807) is 7.11 Å². The molecule has 114 valence electrons. The van der Waals surface area contributed by atoms with E-state index in [2.05, 4.69) is 56.4 Å². The van der Waals surface area contributed by atoms with Gasteiger partial charge in [0.2, 0.25) is 0 Å². The number of hydrogen-bond acceptors (Lipinski definition) is 3. The molecule has 0 bridgehead atoms. The SMILES string of the molecule is CCCNC(c1ccccc1)C(SCCOC)C(C)C. The summed E-state index contributed by atoms with van der Waals surface area (Å²) in [6.07, 6.45) is 1.16. The molecule has 1 N–H and O–H groups in total. The van der Waals surface area contributed by atoms with Crippen molar-refractivity contribution in [2.45, 2.75) is 38.5 Å². The lowest BCUT2D eigenvalue weighted by molar-refractivity contribution is 0.218. The zero-order valence-corrected chi connectivity index (χ0v) is 14.1. The Balaban J connectivity index is 2.81. The van der Waals surface area contributed by atoms with Crippen molar-refractivity contribution >= 4 is 11.8 Å². The topological polar surface area (TPSA) is 21.3 Å². The van der Waals surface area contributed by atoms with Gasteiger partial charge in [0.05, 0.1) is 6.61 Å². The number of thioether (sulfide) groups is 1. The van der Waals surface area contributed by atoms with Crippen LogP contribution in [0.5, 0.6) is 0 Å². The largest absolute Gasteiger partial charge is 0.384 e. The van der Waals surface area contributed by atoms with Crippen LogP contribution in [0.3, 0.4) is 0 Å². The Morgan fingerprint density at radius 1 is 1.20 bits per heavy atom. The smallest absolute Gasteiger partial charge is 0.0553 e. The highest BCUT2D eigenvalue weighted by molar-refractivity contribution is 7.99. The molecule has 0 heterocycles. The summed E-state index contributed by atoms with van der Waals surface area (Å²) in [6, 6.07) is 11.2. The molecule has 0 fully saturated rings. The van der Waals surface area contributed by atoms with Gasteiger partial charge in [-0.1, -0.05) is 51.1 Å². The standard InChI is InChI=1S/C17H29NOS/c1-5-11-18-16(15-9-7-6-8-10-15)17(14(2)3)20-13-12-19-4/h6-10,14,16-18H,5,11-13H2,1-4H3. The molecule has 0 spiro atoms. The third-order valence-electron chi connectivity index (χ3n) is 3.36. The molecule has 0 amide bonds. The molecule has 1 rings (SSSR count). The van der Waals surface area contributed by atoms with Gasteiger partial charge in [-0.15, -0.1) is 0 Å². The van der Waals surface area contributed by atoms with Gasteiger partial charge in [-0.05, 0) is 24.4 Å². The van der Waals surface area contributed by atoms with Crippen LogP contribution in [-0.2, 0) is 4.74 Å². The minimum Gasteiger partial charge on any atom is -0.384 e. The molecule has 0 radical (unpaired) electrons. The number of hydrogen-bond donors (Lipinski definition) is 1. The highest BCUT2D eigenvalue weighted by Gasteiger charge is 2.25. The molecular weight excluding hydrogens is 266 g/mol. The fraction of sp³-hybridized carbons (Fsp3) is 0.647. The fourth-order valence-corrected chi connectivity index (χ4v) is 3.69. The van der Waals surface area contributed by atoms with E-state index in [1.165, 1.54) is 5.56 Å². The summed E-state index contributed by atoms with van der Waals surface area (Å²) in [7, 11) is 1.77. The monoisotopic (exact) mass is 295 g/mol. The van der Waals surface area contributed by atoms with Crippen LogP contribution in [0, 0.1) is 5.92 Å². The third kappa shape index (κ3) is 5.86. The van der Waals surface area contributed by atoms with Gasteiger partial charge >= 0.3 is 0 Å². The lowest BCUT2D eigenvalue weighted by Crippen LogP contribution is -2.34. The zero-order valence-electron chi connectivity index (χ0n) is 13.3. The van der Waals surface area contributed by atoms with Crippen LogP contribution in [0.25, 0.3) is 0 Å². The normalized spacial score (nSPS) is 14.4. The Kier molecular flexibility index (Phi) is 8.99. The van der Waals surface area contributed by atoms with Gasteiger partial charge in [-0.3, -0.25) is 0 Å². The van der Waals surface area contributed by atoms with E-state index in [4.69, 9.17) is 4.74 Å². The van der Waals surface area contributed by atoms with Crippen molar-refractivity contribution in [2.75, 3.05) is 26.0 Å². The van der Waals surface area contributed by atoms with Crippen molar-refractivity contribution in [1.82, 2.24) is 5.32 Å². The highest BCUT2D eigenvalue weighted by Crippen LogP contribution is 2.32. The molecule has 0 saturated carbocycles. The maximum absolute atomic E-state index is 5.20. The Hall–Kier alpha value is -0.510. The van der Waals surface area contributed by atoms with E-state index < -0.39 is 0 Å². The van der Waals surface area contributed by atoms with Crippen LogP contribution >= 0.6 is 11.8 Å². The maximum Gasteiger partial charge on any atom is 0.0553 e. The molecule has 0 aromatic heterocycles. The minimum atomic E-state index is 0.415. The van der Waals surface area contributed by atoms with Crippen molar-refractivity contribution in [2.24, 2.45) is 5.92 Å². The van der Waals surface area contributed by atoms with E-state index in [-0.39, 0.29) is 0 Å². The quantitative estimate of drug-likeness (QED) is 0.656. The van der Waals surface area contributed by atoms with Crippen LogP contribution in [0.1, 0.15) is 38.8 Å². The lowest BCUT2D eigenvalue weighted by atomic mass is 9.96. The molecule has 0 aliphatic rings. The van der Waals surface area contributed by atoms with E-state index in [0.717, 1.165) is 25.3 Å². The molecule has 2 atom stereocenters. The average molecular weight is 295 g/mol. The van der Waals surface area contributed by atoms with E-state index in [0.29, 0.717) is 17.2 Å². The van der Waals surface area contributed by atoms with Crippen molar-refractivity contribution < 1.29 is 4.74 Å². The van der Waals surface area contributed by atoms with Gasteiger partial charge in [-0.25, -0.2) is 0 Å². The lowest BCUT2D eigenvalue weighted by Gasteiger charge is -2.31. The average Bonchev–Trinajstić information content (AvgIpc) is 2.46. The second-order valence-electron chi connectivity index (χ2n) is 5.41. The van der Waals surface area contributed by atoms with Gasteiger partial charge < -0.3 is 10.1 Å². The highest BCUT2D eigenvalue weighted by atomic mass is 32.2. The summed E-state index contributed by atoms with van der Waals surface area (Å²) < 4.78 is 5.20.